The van der Waals surface area contributed by atoms with Crippen molar-refractivity contribution < 1.29 is 19.1 Å². The quantitative estimate of drug-likeness (QED) is 0.837. The number of nitrogens with one attached hydrogen (secondary N) is 1. The van der Waals surface area contributed by atoms with Gasteiger partial charge < -0.3 is 14.8 Å². The van der Waals surface area contributed by atoms with Crippen molar-refractivity contribution in [3.8, 4) is 0 Å². The third-order valence-electron chi connectivity index (χ3n) is 4.04. The average Bonchev–Trinajstić information content (AvgIpc) is 3.02. The molecule has 1 heterocycles. The lowest BCUT2D eigenvalue weighted by molar-refractivity contribution is -0.137. The molecule has 1 amide bonds. The maximum atomic E-state index is 12.5. The molecule has 0 bridgehead atoms. The average molecular weight is 344 g/mol. The number of oxazole rings is 1. The number of carbonyl (C=O) groups is 2. The fourth-order valence-corrected chi connectivity index (χ4v) is 2.58. The fraction of sp³-hybridized carbons (Fsp3) is 0.421. The second-order valence-electron chi connectivity index (χ2n) is 6.97. The highest BCUT2D eigenvalue weighted by Crippen LogP contribution is 2.25. The van der Waals surface area contributed by atoms with Gasteiger partial charge in [0.2, 0.25) is 0 Å². The Morgan fingerprint density at radius 2 is 1.88 bits per heavy atom. The van der Waals surface area contributed by atoms with E-state index in [9.17, 15) is 14.7 Å². The summed E-state index contributed by atoms with van der Waals surface area (Å²) in [6.45, 7) is 8.18. The molecule has 2 aromatic rings. The molecule has 1 aromatic heterocycles. The second kappa shape index (κ2) is 7.51. The van der Waals surface area contributed by atoms with E-state index in [-0.39, 0.29) is 17.5 Å². The molecule has 134 valence electrons. The molecule has 0 radical (unpaired) electrons. The van der Waals surface area contributed by atoms with Gasteiger partial charge in [-0.25, -0.2) is 4.98 Å². The Hall–Kier alpha value is -2.63. The predicted molar refractivity (Wildman–Crippen MR) is 93.5 cm³/mol. The number of aliphatic carboxylic acids is 1. The summed E-state index contributed by atoms with van der Waals surface area (Å²) in [7, 11) is 0. The minimum Gasteiger partial charge on any atom is -0.481 e. The Labute approximate surface area is 147 Å². The Kier molecular flexibility index (Phi) is 5.62. The lowest BCUT2D eigenvalue weighted by atomic mass is 9.86. The number of benzene rings is 1. The molecular weight excluding hydrogens is 320 g/mol. The van der Waals surface area contributed by atoms with Crippen LogP contribution in [0.1, 0.15) is 67.5 Å². The van der Waals surface area contributed by atoms with Crippen molar-refractivity contribution in [2.75, 3.05) is 0 Å². The fourth-order valence-electron chi connectivity index (χ4n) is 2.58. The van der Waals surface area contributed by atoms with E-state index in [4.69, 9.17) is 4.42 Å². The Morgan fingerprint density at radius 1 is 1.24 bits per heavy atom. The molecule has 2 N–H and O–H groups in total. The largest absolute Gasteiger partial charge is 0.481 e. The van der Waals surface area contributed by atoms with Crippen LogP contribution in [0, 0.1) is 0 Å². The normalized spacial score (nSPS) is 12.6. The van der Waals surface area contributed by atoms with E-state index in [1.165, 1.54) is 6.39 Å². The van der Waals surface area contributed by atoms with Gasteiger partial charge in [-0.1, -0.05) is 52.0 Å². The van der Waals surface area contributed by atoms with Gasteiger partial charge >= 0.3 is 5.97 Å². The molecule has 25 heavy (non-hydrogen) atoms. The number of rotatable bonds is 6. The number of carboxylic acid groups (broad SMARTS) is 1. The first-order valence-electron chi connectivity index (χ1n) is 8.27. The third kappa shape index (κ3) is 4.68. The smallest absolute Gasteiger partial charge is 0.305 e. The topological polar surface area (TPSA) is 92.4 Å². The van der Waals surface area contributed by atoms with Crippen molar-refractivity contribution in [3.05, 3.63) is 53.2 Å². The van der Waals surface area contributed by atoms with E-state index < -0.39 is 17.9 Å². The van der Waals surface area contributed by atoms with E-state index in [0.717, 1.165) is 11.1 Å². The van der Waals surface area contributed by atoms with Crippen LogP contribution in [-0.2, 0) is 16.6 Å². The van der Waals surface area contributed by atoms with Crippen LogP contribution in [0.2, 0.25) is 0 Å². The highest BCUT2D eigenvalue weighted by molar-refractivity contribution is 5.93. The van der Waals surface area contributed by atoms with Gasteiger partial charge in [0.25, 0.3) is 5.91 Å². The van der Waals surface area contributed by atoms with Crippen molar-refractivity contribution in [2.24, 2.45) is 0 Å². The predicted octanol–water partition coefficient (Wildman–Crippen LogP) is 3.48. The van der Waals surface area contributed by atoms with Crippen LogP contribution in [0.5, 0.6) is 0 Å². The molecule has 0 saturated carbocycles. The van der Waals surface area contributed by atoms with Gasteiger partial charge in [-0.3, -0.25) is 9.59 Å². The van der Waals surface area contributed by atoms with Crippen molar-refractivity contribution in [2.45, 2.75) is 52.0 Å². The second-order valence-corrected chi connectivity index (χ2v) is 6.97. The van der Waals surface area contributed by atoms with E-state index >= 15 is 0 Å². The van der Waals surface area contributed by atoms with E-state index in [0.29, 0.717) is 12.2 Å². The van der Waals surface area contributed by atoms with Crippen LogP contribution in [0.3, 0.4) is 0 Å². The van der Waals surface area contributed by atoms with Crippen molar-refractivity contribution in [1.29, 1.82) is 0 Å². The molecule has 6 nitrogen and oxygen atoms in total. The molecule has 0 spiro atoms. The third-order valence-corrected chi connectivity index (χ3v) is 4.04. The molecule has 0 aliphatic heterocycles. The Balaban J connectivity index is 2.24. The molecule has 1 unspecified atom stereocenters. The van der Waals surface area contributed by atoms with Crippen molar-refractivity contribution in [1.82, 2.24) is 10.3 Å². The molecule has 6 heteroatoms. The minimum atomic E-state index is -0.985. The lowest BCUT2D eigenvalue weighted by Gasteiger charge is -2.21. The van der Waals surface area contributed by atoms with Gasteiger partial charge in [0.05, 0.1) is 12.5 Å². The summed E-state index contributed by atoms with van der Waals surface area (Å²) in [4.78, 5) is 27.6. The van der Waals surface area contributed by atoms with Crippen LogP contribution < -0.4 is 5.32 Å². The molecule has 1 atom stereocenters. The Bertz CT molecular complexity index is 742. The zero-order valence-electron chi connectivity index (χ0n) is 15.0. The SMILES string of the molecule is CCc1ocnc1C(=O)NC(CC(=O)O)c1ccc(C(C)(C)C)cc1. The van der Waals surface area contributed by atoms with Crippen LogP contribution in [-0.4, -0.2) is 22.0 Å². The number of hydrogen-bond donors (Lipinski definition) is 2. The van der Waals surface area contributed by atoms with Crippen LogP contribution in [0.25, 0.3) is 0 Å². The van der Waals surface area contributed by atoms with Gasteiger partial charge in [0.15, 0.2) is 12.1 Å². The molecule has 2 rings (SSSR count). The zero-order valence-corrected chi connectivity index (χ0v) is 15.0. The first-order valence-corrected chi connectivity index (χ1v) is 8.27. The van der Waals surface area contributed by atoms with E-state index in [2.05, 4.69) is 31.1 Å². The van der Waals surface area contributed by atoms with Crippen molar-refractivity contribution >= 4 is 11.9 Å². The zero-order chi connectivity index (χ0) is 18.6. The number of nitrogens with zero attached hydrogens (tertiary/aromatic N) is 1. The van der Waals surface area contributed by atoms with Gasteiger partial charge in [-0.15, -0.1) is 0 Å². The van der Waals surface area contributed by atoms with Crippen LogP contribution >= 0.6 is 0 Å². The lowest BCUT2D eigenvalue weighted by Crippen LogP contribution is -2.31. The van der Waals surface area contributed by atoms with E-state index in [1.807, 2.05) is 31.2 Å². The molecule has 0 aliphatic carbocycles. The van der Waals surface area contributed by atoms with Crippen LogP contribution in [0.4, 0.5) is 0 Å². The van der Waals surface area contributed by atoms with Gasteiger partial charge in [0, 0.05) is 6.42 Å². The summed E-state index contributed by atoms with van der Waals surface area (Å²) in [5, 5.41) is 11.9. The monoisotopic (exact) mass is 344 g/mol. The number of hydrogen-bond acceptors (Lipinski definition) is 4. The number of aryl methyl sites for hydroxylation is 1. The minimum absolute atomic E-state index is 0.000806. The number of carbonyl (C=O) groups excluding carboxylic acids is 1. The molecule has 1 aromatic carbocycles. The first-order chi connectivity index (χ1) is 11.7. The molecule has 0 saturated heterocycles. The number of aromatic nitrogens is 1. The van der Waals surface area contributed by atoms with Gasteiger partial charge in [-0.2, -0.15) is 0 Å². The van der Waals surface area contributed by atoms with Crippen LogP contribution in [0.15, 0.2) is 35.1 Å². The van der Waals surface area contributed by atoms with Crippen molar-refractivity contribution in [3.63, 3.8) is 0 Å². The van der Waals surface area contributed by atoms with Gasteiger partial charge in [-0.05, 0) is 16.5 Å². The van der Waals surface area contributed by atoms with Gasteiger partial charge in [0.1, 0.15) is 5.76 Å². The number of amides is 1. The highest BCUT2D eigenvalue weighted by atomic mass is 16.4. The maximum absolute atomic E-state index is 12.5. The summed E-state index contributed by atoms with van der Waals surface area (Å²) < 4.78 is 5.17. The summed E-state index contributed by atoms with van der Waals surface area (Å²) in [5.41, 5.74) is 2.08. The summed E-state index contributed by atoms with van der Waals surface area (Å²) in [5.74, 6) is -0.938. The van der Waals surface area contributed by atoms with E-state index in [1.54, 1.807) is 0 Å². The summed E-state index contributed by atoms with van der Waals surface area (Å²) in [6, 6.07) is 7.00. The molecule has 0 aliphatic rings. The Morgan fingerprint density at radius 3 is 2.40 bits per heavy atom. The molecular formula is C19H24N2O4. The highest BCUT2D eigenvalue weighted by Gasteiger charge is 2.23. The summed E-state index contributed by atoms with van der Waals surface area (Å²) >= 11 is 0. The molecule has 0 fully saturated rings. The maximum Gasteiger partial charge on any atom is 0.305 e. The standard InChI is InChI=1S/C19H24N2O4/c1-5-15-17(20-11-25-15)18(24)21-14(10-16(22)23)12-6-8-13(9-7-12)19(2,3)4/h6-9,11,14H,5,10H2,1-4H3,(H,21,24)(H,22,23). The number of carboxylic acids is 1. The first kappa shape index (κ1) is 18.7. The summed E-state index contributed by atoms with van der Waals surface area (Å²) in [6.07, 6.45) is 1.55.